The van der Waals surface area contributed by atoms with Gasteiger partial charge < -0.3 is 16.0 Å². The number of aromatic nitrogens is 1. The van der Waals surface area contributed by atoms with Crippen LogP contribution in [0.3, 0.4) is 0 Å². The van der Waals surface area contributed by atoms with E-state index in [-0.39, 0.29) is 0 Å². The molecule has 1 fully saturated rings. The summed E-state index contributed by atoms with van der Waals surface area (Å²) in [4.78, 5) is 6.50. The normalized spacial score (nSPS) is 21.1. The fourth-order valence-electron chi connectivity index (χ4n) is 1.76. The number of likely N-dealkylation sites (N-methyl/N-ethyl adjacent to an activating group) is 1. The van der Waals surface area contributed by atoms with Crippen molar-refractivity contribution >= 4 is 11.5 Å². The van der Waals surface area contributed by atoms with Crippen molar-refractivity contribution in [2.75, 3.05) is 30.8 Å². The van der Waals surface area contributed by atoms with Crippen molar-refractivity contribution in [3.05, 3.63) is 18.3 Å². The van der Waals surface area contributed by atoms with Crippen LogP contribution in [0.2, 0.25) is 0 Å². The Hall–Kier alpha value is -1.29. The molecule has 3 N–H and O–H groups in total. The van der Waals surface area contributed by atoms with Crippen molar-refractivity contribution in [1.82, 2.24) is 10.3 Å². The molecular weight excluding hydrogens is 176 g/mol. The average Bonchev–Trinajstić information content (AvgIpc) is 2.71. The Kier molecular flexibility index (Phi) is 2.54. The van der Waals surface area contributed by atoms with E-state index in [1.165, 1.54) is 6.42 Å². The largest absolute Gasteiger partial charge is 0.397 e. The fraction of sp³-hybridized carbons (Fsp3) is 0.500. The van der Waals surface area contributed by atoms with E-state index in [0.29, 0.717) is 11.7 Å². The van der Waals surface area contributed by atoms with Crippen molar-refractivity contribution in [3.63, 3.8) is 0 Å². The van der Waals surface area contributed by atoms with E-state index in [1.807, 2.05) is 12.1 Å². The number of nitrogen functional groups attached to an aromatic ring is 1. The molecule has 0 amide bonds. The van der Waals surface area contributed by atoms with Gasteiger partial charge in [0.2, 0.25) is 0 Å². The molecule has 0 spiro atoms. The number of nitrogens with one attached hydrogen (secondary N) is 1. The van der Waals surface area contributed by atoms with Crippen LogP contribution in [0.1, 0.15) is 6.42 Å². The zero-order valence-electron chi connectivity index (χ0n) is 8.40. The lowest BCUT2D eigenvalue weighted by atomic mass is 10.2. The maximum atomic E-state index is 5.59. The summed E-state index contributed by atoms with van der Waals surface area (Å²) in [6.45, 7) is 2.15. The molecule has 0 unspecified atom stereocenters. The molecule has 14 heavy (non-hydrogen) atoms. The second kappa shape index (κ2) is 3.84. The monoisotopic (exact) mass is 192 g/mol. The van der Waals surface area contributed by atoms with E-state index in [9.17, 15) is 0 Å². The third-order valence-corrected chi connectivity index (χ3v) is 2.71. The van der Waals surface area contributed by atoms with Crippen molar-refractivity contribution in [2.24, 2.45) is 0 Å². The highest BCUT2D eigenvalue weighted by Gasteiger charge is 2.19. The van der Waals surface area contributed by atoms with Gasteiger partial charge in [-0.3, -0.25) is 0 Å². The van der Waals surface area contributed by atoms with E-state index in [2.05, 4.69) is 22.2 Å². The van der Waals surface area contributed by atoms with Crippen LogP contribution in [0.4, 0.5) is 11.5 Å². The highest BCUT2D eigenvalue weighted by Crippen LogP contribution is 2.16. The van der Waals surface area contributed by atoms with E-state index < -0.39 is 0 Å². The first kappa shape index (κ1) is 9.27. The van der Waals surface area contributed by atoms with Crippen molar-refractivity contribution in [2.45, 2.75) is 12.5 Å². The molecule has 2 rings (SSSR count). The number of anilines is 2. The number of pyridine rings is 1. The van der Waals surface area contributed by atoms with Gasteiger partial charge in [-0.1, -0.05) is 0 Å². The Morgan fingerprint density at radius 2 is 2.43 bits per heavy atom. The van der Waals surface area contributed by atoms with Gasteiger partial charge in [-0.05, 0) is 25.1 Å². The number of hydrogen-bond acceptors (Lipinski definition) is 4. The molecule has 0 aromatic carbocycles. The van der Waals surface area contributed by atoms with E-state index >= 15 is 0 Å². The lowest BCUT2D eigenvalue weighted by Gasteiger charge is -2.24. The van der Waals surface area contributed by atoms with Crippen LogP contribution < -0.4 is 16.0 Å². The van der Waals surface area contributed by atoms with Crippen LogP contribution in [0.15, 0.2) is 18.3 Å². The summed E-state index contributed by atoms with van der Waals surface area (Å²) < 4.78 is 0. The highest BCUT2D eigenvalue weighted by molar-refractivity contribution is 5.46. The quantitative estimate of drug-likeness (QED) is 0.715. The standard InChI is InChI=1S/C10H16N4/c1-14(9-4-5-12-7-9)10-3-2-8(11)6-13-10/h2-3,6,9,12H,4-5,7,11H2,1H3/t9-/m0/s1. The summed E-state index contributed by atoms with van der Waals surface area (Å²) in [7, 11) is 2.08. The van der Waals surface area contributed by atoms with Gasteiger partial charge in [0.25, 0.3) is 0 Å². The molecular formula is C10H16N4. The molecule has 0 aliphatic carbocycles. The molecule has 1 aromatic rings. The minimum absolute atomic E-state index is 0.561. The molecule has 1 atom stereocenters. The van der Waals surface area contributed by atoms with Gasteiger partial charge in [-0.2, -0.15) is 0 Å². The first-order chi connectivity index (χ1) is 6.77. The summed E-state index contributed by atoms with van der Waals surface area (Å²) in [5.41, 5.74) is 6.30. The zero-order chi connectivity index (χ0) is 9.97. The minimum Gasteiger partial charge on any atom is -0.397 e. The van der Waals surface area contributed by atoms with Crippen LogP contribution in [-0.2, 0) is 0 Å². The smallest absolute Gasteiger partial charge is 0.128 e. The van der Waals surface area contributed by atoms with E-state index in [1.54, 1.807) is 6.20 Å². The Balaban J connectivity index is 2.09. The molecule has 1 aliphatic heterocycles. The van der Waals surface area contributed by atoms with Gasteiger partial charge in [-0.25, -0.2) is 4.98 Å². The van der Waals surface area contributed by atoms with Crippen molar-refractivity contribution in [1.29, 1.82) is 0 Å². The predicted octanol–water partition coefficient (Wildman–Crippen LogP) is 0.462. The summed E-state index contributed by atoms with van der Waals surface area (Å²) >= 11 is 0. The summed E-state index contributed by atoms with van der Waals surface area (Å²) in [5.74, 6) is 0.993. The zero-order valence-corrected chi connectivity index (χ0v) is 8.40. The summed E-state index contributed by atoms with van der Waals surface area (Å²) in [5, 5.41) is 3.34. The van der Waals surface area contributed by atoms with Crippen LogP contribution in [0, 0.1) is 0 Å². The maximum Gasteiger partial charge on any atom is 0.128 e. The van der Waals surface area contributed by atoms with Gasteiger partial charge in [0.1, 0.15) is 5.82 Å². The predicted molar refractivity (Wildman–Crippen MR) is 58.3 cm³/mol. The Bertz CT molecular complexity index is 289. The first-order valence-electron chi connectivity index (χ1n) is 4.92. The van der Waals surface area contributed by atoms with Crippen LogP contribution in [0.5, 0.6) is 0 Å². The molecule has 2 heterocycles. The van der Waals surface area contributed by atoms with Gasteiger partial charge in [0.05, 0.1) is 11.9 Å². The summed E-state index contributed by atoms with van der Waals surface area (Å²) in [6.07, 6.45) is 2.89. The maximum absolute atomic E-state index is 5.59. The van der Waals surface area contributed by atoms with Crippen LogP contribution >= 0.6 is 0 Å². The molecule has 0 saturated carbocycles. The number of nitrogens with two attached hydrogens (primary N) is 1. The van der Waals surface area contributed by atoms with Gasteiger partial charge in [0.15, 0.2) is 0 Å². The lowest BCUT2D eigenvalue weighted by Crippen LogP contribution is -2.33. The third-order valence-electron chi connectivity index (χ3n) is 2.71. The van der Waals surface area contributed by atoms with Crippen molar-refractivity contribution < 1.29 is 0 Å². The Morgan fingerprint density at radius 1 is 1.57 bits per heavy atom. The third kappa shape index (κ3) is 1.80. The average molecular weight is 192 g/mol. The lowest BCUT2D eigenvalue weighted by molar-refractivity contribution is 0.678. The fourth-order valence-corrected chi connectivity index (χ4v) is 1.76. The first-order valence-corrected chi connectivity index (χ1v) is 4.92. The SMILES string of the molecule is CN(c1ccc(N)cn1)[C@H]1CCNC1. The van der Waals surface area contributed by atoms with Gasteiger partial charge >= 0.3 is 0 Å². The summed E-state index contributed by atoms with van der Waals surface area (Å²) in [6, 6.07) is 4.42. The number of rotatable bonds is 2. The van der Waals surface area contributed by atoms with E-state index in [0.717, 1.165) is 18.9 Å². The van der Waals surface area contributed by atoms with Crippen LogP contribution in [-0.4, -0.2) is 31.2 Å². The molecule has 0 bridgehead atoms. The molecule has 1 aliphatic rings. The molecule has 1 aromatic heterocycles. The minimum atomic E-state index is 0.561. The second-order valence-electron chi connectivity index (χ2n) is 3.71. The number of hydrogen-bond donors (Lipinski definition) is 2. The van der Waals surface area contributed by atoms with Gasteiger partial charge in [0, 0.05) is 19.6 Å². The molecule has 1 saturated heterocycles. The topological polar surface area (TPSA) is 54.2 Å². The number of nitrogens with zero attached hydrogens (tertiary/aromatic N) is 2. The Labute approximate surface area is 84.1 Å². The van der Waals surface area contributed by atoms with E-state index in [4.69, 9.17) is 5.73 Å². The van der Waals surface area contributed by atoms with Crippen molar-refractivity contribution in [3.8, 4) is 0 Å². The highest BCUT2D eigenvalue weighted by atomic mass is 15.2. The second-order valence-corrected chi connectivity index (χ2v) is 3.71. The molecule has 0 radical (unpaired) electrons. The molecule has 4 nitrogen and oxygen atoms in total. The molecule has 76 valence electrons. The Morgan fingerprint density at radius 3 is 3.00 bits per heavy atom. The molecule has 4 heteroatoms. The van der Waals surface area contributed by atoms with Gasteiger partial charge in [-0.15, -0.1) is 0 Å². The van der Waals surface area contributed by atoms with Crippen LogP contribution in [0.25, 0.3) is 0 Å².